The number of nitriles is 1. The lowest BCUT2D eigenvalue weighted by atomic mass is 9.66. The molecule has 0 aromatic rings. The molecule has 0 radical (unpaired) electrons. The van der Waals surface area contributed by atoms with Crippen LogP contribution in [-0.4, -0.2) is 17.0 Å². The van der Waals surface area contributed by atoms with E-state index in [4.69, 9.17) is 0 Å². The van der Waals surface area contributed by atoms with Crippen LogP contribution in [0.5, 0.6) is 0 Å². The Kier molecular flexibility index (Phi) is 3.03. The molecule has 0 amide bonds. The zero-order chi connectivity index (χ0) is 12.8. The molecule has 3 heteroatoms. The third-order valence-electron chi connectivity index (χ3n) is 4.86. The molecule has 3 fully saturated rings. The maximum absolute atomic E-state index is 12.2. The first-order valence-electron chi connectivity index (χ1n) is 6.49. The van der Waals surface area contributed by atoms with Crippen molar-refractivity contribution < 1.29 is 9.90 Å². The number of carbonyl (C=O) groups is 1. The first-order valence-corrected chi connectivity index (χ1v) is 6.49. The van der Waals surface area contributed by atoms with Crippen molar-refractivity contribution in [3.8, 4) is 6.07 Å². The molecule has 0 saturated heterocycles. The van der Waals surface area contributed by atoms with Crippen LogP contribution in [-0.2, 0) is 4.79 Å². The van der Waals surface area contributed by atoms with Gasteiger partial charge in [0.1, 0.15) is 5.78 Å². The zero-order valence-corrected chi connectivity index (χ0v) is 10.8. The minimum atomic E-state index is -0.549. The average Bonchev–Trinajstić information content (AvgIpc) is 2.37. The average molecular weight is 235 g/mol. The number of hydrogen-bond donors (Lipinski definition) is 1. The van der Waals surface area contributed by atoms with Crippen LogP contribution in [0.1, 0.15) is 40.0 Å². The van der Waals surface area contributed by atoms with Gasteiger partial charge in [0.25, 0.3) is 0 Å². The molecule has 94 valence electrons. The molecule has 3 aliphatic rings. The summed E-state index contributed by atoms with van der Waals surface area (Å²) in [5.41, 5.74) is -0.314. The first kappa shape index (κ1) is 12.6. The maximum atomic E-state index is 12.2. The van der Waals surface area contributed by atoms with Crippen LogP contribution in [0.25, 0.3) is 0 Å². The van der Waals surface area contributed by atoms with Crippen molar-refractivity contribution in [3.05, 3.63) is 0 Å². The number of nitrogens with zero attached hydrogens (tertiary/aromatic N) is 1. The van der Waals surface area contributed by atoms with Gasteiger partial charge in [-0.25, -0.2) is 0 Å². The van der Waals surface area contributed by atoms with E-state index >= 15 is 0 Å². The predicted molar refractivity (Wildman–Crippen MR) is 63.9 cm³/mol. The summed E-state index contributed by atoms with van der Waals surface area (Å²) in [6.07, 6.45) is 1.28. The largest absolute Gasteiger partial charge is 0.392 e. The summed E-state index contributed by atoms with van der Waals surface area (Å²) in [6.45, 7) is 6.15. The van der Waals surface area contributed by atoms with E-state index in [1.165, 1.54) is 0 Å². The van der Waals surface area contributed by atoms with E-state index in [2.05, 4.69) is 19.9 Å². The molecule has 0 aliphatic heterocycles. The van der Waals surface area contributed by atoms with Crippen molar-refractivity contribution in [2.45, 2.75) is 46.1 Å². The van der Waals surface area contributed by atoms with Crippen LogP contribution in [0.3, 0.4) is 0 Å². The van der Waals surface area contributed by atoms with E-state index in [0.29, 0.717) is 18.8 Å². The van der Waals surface area contributed by atoms with Gasteiger partial charge in [0.15, 0.2) is 0 Å². The molecule has 3 aliphatic carbocycles. The lowest BCUT2D eigenvalue weighted by Crippen LogP contribution is -2.43. The molecule has 3 saturated carbocycles. The van der Waals surface area contributed by atoms with Gasteiger partial charge in [0, 0.05) is 12.3 Å². The van der Waals surface area contributed by atoms with Crippen molar-refractivity contribution in [1.29, 1.82) is 5.26 Å². The Hall–Kier alpha value is -0.880. The number of aliphatic hydroxyl groups is 1. The van der Waals surface area contributed by atoms with Crippen LogP contribution < -0.4 is 0 Å². The normalized spacial score (nSPS) is 45.8. The van der Waals surface area contributed by atoms with Crippen molar-refractivity contribution in [2.24, 2.45) is 29.1 Å². The second-order valence-electron chi connectivity index (χ2n) is 6.42. The highest BCUT2D eigenvalue weighted by Gasteiger charge is 2.53. The molecule has 5 atom stereocenters. The molecule has 2 bridgehead atoms. The van der Waals surface area contributed by atoms with Gasteiger partial charge in [-0.2, -0.15) is 5.26 Å². The Morgan fingerprint density at radius 3 is 2.65 bits per heavy atom. The van der Waals surface area contributed by atoms with E-state index in [1.807, 2.05) is 6.92 Å². The molecule has 3 rings (SSSR count). The molecular weight excluding hydrogens is 214 g/mol. The fourth-order valence-electron chi connectivity index (χ4n) is 3.80. The third kappa shape index (κ3) is 1.89. The van der Waals surface area contributed by atoms with Gasteiger partial charge in [0.2, 0.25) is 0 Å². The fraction of sp³-hybridized carbons (Fsp3) is 0.857. The monoisotopic (exact) mass is 235 g/mol. The predicted octanol–water partition coefficient (Wildman–Crippen LogP) is 2.15. The van der Waals surface area contributed by atoms with Gasteiger partial charge in [-0.1, -0.05) is 20.8 Å². The summed E-state index contributed by atoms with van der Waals surface area (Å²) in [7, 11) is 0. The van der Waals surface area contributed by atoms with E-state index < -0.39 is 6.10 Å². The van der Waals surface area contributed by atoms with Crippen molar-refractivity contribution in [2.75, 3.05) is 0 Å². The summed E-state index contributed by atoms with van der Waals surface area (Å²) in [5.74, 6) is 0.339. The van der Waals surface area contributed by atoms with Gasteiger partial charge in [-0.3, -0.25) is 4.79 Å². The Balaban J connectivity index is 2.43. The fourth-order valence-corrected chi connectivity index (χ4v) is 3.80. The minimum absolute atomic E-state index is 0.0963. The summed E-state index contributed by atoms with van der Waals surface area (Å²) in [4.78, 5) is 12.2. The zero-order valence-electron chi connectivity index (χ0n) is 10.8. The van der Waals surface area contributed by atoms with E-state index in [1.54, 1.807) is 0 Å². The number of fused-ring (bicyclic) bond motifs is 4. The van der Waals surface area contributed by atoms with Crippen LogP contribution >= 0.6 is 0 Å². The molecule has 0 heterocycles. The smallest absolute Gasteiger partial charge is 0.139 e. The number of rotatable bonds is 1. The third-order valence-corrected chi connectivity index (χ3v) is 4.86. The van der Waals surface area contributed by atoms with Crippen molar-refractivity contribution >= 4 is 5.78 Å². The number of carbonyl (C=O) groups excluding carboxylic acids is 1. The lowest BCUT2D eigenvalue weighted by Gasteiger charge is -2.38. The SMILES string of the molecule is CC(C)[C@@H]1C[C@@H](C#N)[C@@]2(C)CC(=O)[C@@H]1[C@H](O)C2. The van der Waals surface area contributed by atoms with Gasteiger partial charge >= 0.3 is 0 Å². The summed E-state index contributed by atoms with van der Waals surface area (Å²) in [6, 6.07) is 2.37. The second kappa shape index (κ2) is 4.10. The standard InChI is InChI=1S/C14H21NO2/c1-8(2)10-4-9(7-15)14(3)5-11(16)13(10)12(17)6-14/h8-11,13,16H,4-6H2,1-3H3/t9-,10-,11+,13-,14+/m0/s1. The second-order valence-corrected chi connectivity index (χ2v) is 6.42. The van der Waals surface area contributed by atoms with Gasteiger partial charge in [-0.05, 0) is 30.1 Å². The Morgan fingerprint density at radius 2 is 2.18 bits per heavy atom. The number of hydrogen-bond acceptors (Lipinski definition) is 3. The number of Topliss-reactive ketones (excluding diaryl/α,β-unsaturated/α-hetero) is 1. The Morgan fingerprint density at radius 1 is 1.53 bits per heavy atom. The van der Waals surface area contributed by atoms with Gasteiger partial charge in [-0.15, -0.1) is 0 Å². The topological polar surface area (TPSA) is 61.1 Å². The van der Waals surface area contributed by atoms with Crippen LogP contribution in [0.4, 0.5) is 0 Å². The number of aliphatic hydroxyl groups excluding tert-OH is 1. The maximum Gasteiger partial charge on any atom is 0.139 e. The summed E-state index contributed by atoms with van der Waals surface area (Å²) >= 11 is 0. The van der Waals surface area contributed by atoms with E-state index in [-0.39, 0.29) is 29.0 Å². The van der Waals surface area contributed by atoms with E-state index in [9.17, 15) is 15.2 Å². The highest BCUT2D eigenvalue weighted by molar-refractivity contribution is 5.84. The molecule has 0 aromatic heterocycles. The molecule has 17 heavy (non-hydrogen) atoms. The lowest BCUT2D eigenvalue weighted by molar-refractivity contribution is -0.136. The summed E-state index contributed by atoms with van der Waals surface area (Å²) < 4.78 is 0. The number of ketones is 1. The van der Waals surface area contributed by atoms with Crippen LogP contribution in [0.2, 0.25) is 0 Å². The van der Waals surface area contributed by atoms with Gasteiger partial charge in [0.05, 0.1) is 18.1 Å². The molecular formula is C14H21NO2. The van der Waals surface area contributed by atoms with Crippen LogP contribution in [0, 0.1) is 40.4 Å². The van der Waals surface area contributed by atoms with Crippen molar-refractivity contribution in [3.63, 3.8) is 0 Å². The van der Waals surface area contributed by atoms with Crippen molar-refractivity contribution in [1.82, 2.24) is 0 Å². The molecule has 0 aromatic carbocycles. The molecule has 3 nitrogen and oxygen atoms in total. The Bertz CT molecular complexity index is 371. The molecule has 0 spiro atoms. The molecule has 0 unspecified atom stereocenters. The summed E-state index contributed by atoms with van der Waals surface area (Å²) in [5, 5.41) is 19.5. The van der Waals surface area contributed by atoms with Crippen LogP contribution in [0.15, 0.2) is 0 Å². The van der Waals surface area contributed by atoms with Gasteiger partial charge < -0.3 is 5.11 Å². The quantitative estimate of drug-likeness (QED) is 0.757. The Labute approximate surface area is 103 Å². The highest BCUT2D eigenvalue weighted by atomic mass is 16.3. The van der Waals surface area contributed by atoms with E-state index in [0.717, 1.165) is 6.42 Å². The first-order chi connectivity index (χ1) is 7.89. The highest BCUT2D eigenvalue weighted by Crippen LogP contribution is 2.52. The molecule has 1 N–H and O–H groups in total. The minimum Gasteiger partial charge on any atom is -0.392 e.